The van der Waals surface area contributed by atoms with Crippen LogP contribution in [-0.2, 0) is 34.0 Å². The quantitative estimate of drug-likeness (QED) is 0.627. The zero-order valence-corrected chi connectivity index (χ0v) is 15.9. The number of aryl methyl sites for hydroxylation is 1. The minimum absolute atomic E-state index is 0.0166. The molecule has 0 saturated carbocycles. The van der Waals surface area contributed by atoms with Crippen LogP contribution in [-0.4, -0.2) is 26.0 Å². The molecule has 0 bridgehead atoms. The fraction of sp³-hybridized carbons (Fsp3) is 0.333. The summed E-state index contributed by atoms with van der Waals surface area (Å²) in [7, 11) is 0. The number of benzene rings is 1. The van der Waals surface area contributed by atoms with Crippen molar-refractivity contribution in [2.75, 3.05) is 5.32 Å². The minimum Gasteiger partial charge on any atom is -0.458 e. The van der Waals surface area contributed by atoms with E-state index in [2.05, 4.69) is 10.3 Å². The number of hydrogen-bond acceptors (Lipinski definition) is 6. The number of nitrogens with zero attached hydrogens (tertiary/aromatic N) is 3. The molecule has 1 aromatic carbocycles. The lowest BCUT2D eigenvalue weighted by Gasteiger charge is -2.04. The van der Waals surface area contributed by atoms with Crippen LogP contribution in [0.4, 0.5) is 5.13 Å². The molecule has 142 valence electrons. The zero-order valence-electron chi connectivity index (χ0n) is 15.1. The maximum atomic E-state index is 12.7. The number of carbonyl (C=O) groups is 2. The van der Waals surface area contributed by atoms with Gasteiger partial charge in [0.15, 0.2) is 5.13 Å². The van der Waals surface area contributed by atoms with E-state index >= 15 is 0 Å². The largest absolute Gasteiger partial charge is 0.458 e. The number of fused-ring (bicyclic) bond motifs is 1. The van der Waals surface area contributed by atoms with Gasteiger partial charge < -0.3 is 10.1 Å². The van der Waals surface area contributed by atoms with E-state index in [0.717, 1.165) is 11.9 Å². The van der Waals surface area contributed by atoms with Crippen LogP contribution in [0.2, 0.25) is 0 Å². The molecular formula is C18H20N4O4S. The number of para-hydroxylation sites is 2. The molecule has 2 aromatic heterocycles. The Hall–Kier alpha value is -2.94. The van der Waals surface area contributed by atoms with E-state index in [-0.39, 0.29) is 24.7 Å². The highest BCUT2D eigenvalue weighted by Gasteiger charge is 2.16. The second kappa shape index (κ2) is 8.17. The first kappa shape index (κ1) is 18.8. The minimum atomic E-state index is -0.523. The van der Waals surface area contributed by atoms with Gasteiger partial charge in [-0.2, -0.15) is 0 Å². The first-order valence-corrected chi connectivity index (χ1v) is 9.43. The van der Waals surface area contributed by atoms with Crippen LogP contribution < -0.4 is 11.0 Å². The van der Waals surface area contributed by atoms with Crippen molar-refractivity contribution >= 4 is 39.4 Å². The summed E-state index contributed by atoms with van der Waals surface area (Å²) in [6.45, 7) is 3.80. The second-order valence-corrected chi connectivity index (χ2v) is 6.85. The highest BCUT2D eigenvalue weighted by molar-refractivity contribution is 7.13. The standard InChI is InChI=1S/C18H20N4O4S/c1-3-8-21-14-6-4-5-7-15(14)22(18(21)25)9-16(24)26-10-13-11-27-17(20-13)19-12(2)23/h4-7,11H,3,8-10H2,1-2H3,(H,19,20,23). The SMILES string of the molecule is CCCn1c(=O)n(CC(=O)OCc2csc(NC(C)=O)n2)c2ccccc21. The Labute approximate surface area is 159 Å². The van der Waals surface area contributed by atoms with Gasteiger partial charge in [0, 0.05) is 18.8 Å². The molecule has 0 saturated heterocycles. The summed E-state index contributed by atoms with van der Waals surface area (Å²) in [6, 6.07) is 7.38. The number of anilines is 1. The number of aromatic nitrogens is 3. The van der Waals surface area contributed by atoms with Gasteiger partial charge in [0.2, 0.25) is 5.91 Å². The maximum absolute atomic E-state index is 12.7. The molecule has 1 amide bonds. The zero-order chi connectivity index (χ0) is 19.4. The van der Waals surface area contributed by atoms with E-state index in [4.69, 9.17) is 4.74 Å². The summed E-state index contributed by atoms with van der Waals surface area (Å²) in [5.74, 6) is -0.735. The van der Waals surface area contributed by atoms with Crippen molar-refractivity contribution in [1.82, 2.24) is 14.1 Å². The van der Waals surface area contributed by atoms with Crippen LogP contribution in [0.25, 0.3) is 11.0 Å². The third-order valence-electron chi connectivity index (χ3n) is 3.88. The number of nitrogens with one attached hydrogen (secondary N) is 1. The molecule has 0 aliphatic carbocycles. The summed E-state index contributed by atoms with van der Waals surface area (Å²) < 4.78 is 8.34. The van der Waals surface area contributed by atoms with Gasteiger partial charge in [0.05, 0.1) is 16.7 Å². The molecule has 0 aliphatic rings. The normalized spacial score (nSPS) is 10.9. The Morgan fingerprint density at radius 1 is 1.22 bits per heavy atom. The van der Waals surface area contributed by atoms with E-state index in [0.29, 0.717) is 22.9 Å². The average Bonchev–Trinajstić information content (AvgIpc) is 3.18. The van der Waals surface area contributed by atoms with Crippen molar-refractivity contribution in [2.45, 2.75) is 40.0 Å². The van der Waals surface area contributed by atoms with Gasteiger partial charge >= 0.3 is 11.7 Å². The number of hydrogen-bond donors (Lipinski definition) is 1. The van der Waals surface area contributed by atoms with E-state index in [1.165, 1.54) is 22.8 Å². The highest BCUT2D eigenvalue weighted by atomic mass is 32.1. The number of esters is 1. The Kier molecular flexibility index (Phi) is 5.70. The second-order valence-electron chi connectivity index (χ2n) is 5.99. The molecule has 0 aliphatic heterocycles. The summed E-state index contributed by atoms with van der Waals surface area (Å²) in [4.78, 5) is 40.1. The lowest BCUT2D eigenvalue weighted by Crippen LogP contribution is -2.27. The van der Waals surface area contributed by atoms with Crippen LogP contribution in [0.3, 0.4) is 0 Å². The smallest absolute Gasteiger partial charge is 0.329 e. The van der Waals surface area contributed by atoms with Crippen molar-refractivity contribution in [3.8, 4) is 0 Å². The summed E-state index contributed by atoms with van der Waals surface area (Å²) in [5, 5.41) is 4.73. The van der Waals surface area contributed by atoms with Gasteiger partial charge in [-0.25, -0.2) is 9.78 Å². The van der Waals surface area contributed by atoms with Gasteiger partial charge in [-0.05, 0) is 18.6 Å². The van der Waals surface area contributed by atoms with E-state index in [1.807, 2.05) is 31.2 Å². The van der Waals surface area contributed by atoms with Crippen LogP contribution in [0.5, 0.6) is 0 Å². The Bertz CT molecular complexity index is 1030. The van der Waals surface area contributed by atoms with Crippen molar-refractivity contribution in [3.05, 3.63) is 45.8 Å². The molecule has 3 aromatic rings. The number of rotatable bonds is 7. The predicted octanol–water partition coefficient (Wildman–Crippen LogP) is 2.37. The molecular weight excluding hydrogens is 368 g/mol. The molecule has 0 spiro atoms. The monoisotopic (exact) mass is 388 g/mol. The van der Waals surface area contributed by atoms with Gasteiger partial charge in [0.25, 0.3) is 0 Å². The van der Waals surface area contributed by atoms with E-state index in [9.17, 15) is 14.4 Å². The fourth-order valence-corrected chi connectivity index (χ4v) is 3.52. The number of imidazole rings is 1. The highest BCUT2D eigenvalue weighted by Crippen LogP contribution is 2.16. The van der Waals surface area contributed by atoms with Gasteiger partial charge in [0.1, 0.15) is 13.2 Å². The average molecular weight is 388 g/mol. The van der Waals surface area contributed by atoms with Crippen molar-refractivity contribution in [2.24, 2.45) is 0 Å². The molecule has 0 fully saturated rings. The van der Waals surface area contributed by atoms with Gasteiger partial charge in [-0.3, -0.25) is 18.7 Å². The third-order valence-corrected chi connectivity index (χ3v) is 4.68. The molecule has 1 N–H and O–H groups in total. The topological polar surface area (TPSA) is 95.2 Å². The Balaban J connectivity index is 1.71. The molecule has 9 heteroatoms. The van der Waals surface area contributed by atoms with Crippen LogP contribution in [0, 0.1) is 0 Å². The Morgan fingerprint density at radius 2 is 1.93 bits per heavy atom. The van der Waals surface area contributed by atoms with Crippen molar-refractivity contribution < 1.29 is 14.3 Å². The summed E-state index contributed by atoms with van der Waals surface area (Å²) in [6.07, 6.45) is 0.818. The third kappa shape index (κ3) is 4.25. The number of ether oxygens (including phenoxy) is 1. The first-order chi connectivity index (χ1) is 13.0. The molecule has 27 heavy (non-hydrogen) atoms. The Morgan fingerprint density at radius 3 is 2.59 bits per heavy atom. The molecule has 0 unspecified atom stereocenters. The van der Waals surface area contributed by atoms with Gasteiger partial charge in [-0.1, -0.05) is 19.1 Å². The van der Waals surface area contributed by atoms with Crippen LogP contribution >= 0.6 is 11.3 Å². The number of amides is 1. The lowest BCUT2D eigenvalue weighted by atomic mass is 10.3. The summed E-state index contributed by atoms with van der Waals surface area (Å²) in [5.41, 5.74) is 1.82. The molecule has 0 atom stereocenters. The molecule has 8 nitrogen and oxygen atoms in total. The number of carbonyl (C=O) groups excluding carboxylic acids is 2. The molecule has 0 radical (unpaired) electrons. The molecule has 3 rings (SSSR count). The predicted molar refractivity (Wildman–Crippen MR) is 103 cm³/mol. The van der Waals surface area contributed by atoms with Crippen LogP contribution in [0.1, 0.15) is 26.0 Å². The number of thiazole rings is 1. The first-order valence-electron chi connectivity index (χ1n) is 8.55. The van der Waals surface area contributed by atoms with Crippen molar-refractivity contribution in [3.63, 3.8) is 0 Å². The van der Waals surface area contributed by atoms with Crippen molar-refractivity contribution in [1.29, 1.82) is 0 Å². The maximum Gasteiger partial charge on any atom is 0.329 e. The van der Waals surface area contributed by atoms with Gasteiger partial charge in [-0.15, -0.1) is 11.3 Å². The van der Waals surface area contributed by atoms with E-state index in [1.54, 1.807) is 9.95 Å². The summed E-state index contributed by atoms with van der Waals surface area (Å²) >= 11 is 1.25. The van der Waals surface area contributed by atoms with E-state index < -0.39 is 5.97 Å². The fourth-order valence-electron chi connectivity index (χ4n) is 2.78. The van der Waals surface area contributed by atoms with Crippen LogP contribution in [0.15, 0.2) is 34.4 Å². The molecule has 2 heterocycles. The lowest BCUT2D eigenvalue weighted by molar-refractivity contribution is -0.145.